The van der Waals surface area contributed by atoms with E-state index >= 15 is 0 Å². The van der Waals surface area contributed by atoms with Crippen molar-refractivity contribution in [1.29, 1.82) is 0 Å². The van der Waals surface area contributed by atoms with Crippen molar-refractivity contribution in [3.8, 4) is 0 Å². The van der Waals surface area contributed by atoms with Gasteiger partial charge in [0.2, 0.25) is 5.91 Å². The topological polar surface area (TPSA) is 36.4 Å². The predicted octanol–water partition coefficient (Wildman–Crippen LogP) is 2.44. The maximum Gasteiger partial charge on any atom is 0.246 e. The molecule has 1 aliphatic heterocycles. The van der Waals surface area contributed by atoms with Gasteiger partial charge in [0.05, 0.1) is 0 Å². The Kier molecular flexibility index (Phi) is 5.17. The molecule has 4 heteroatoms. The van der Waals surface area contributed by atoms with Crippen LogP contribution in [0, 0.1) is 0 Å². The molecule has 2 heterocycles. The van der Waals surface area contributed by atoms with Gasteiger partial charge >= 0.3 is 0 Å². The first kappa shape index (κ1) is 15.4. The highest BCUT2D eigenvalue weighted by molar-refractivity contribution is 5.91. The summed E-state index contributed by atoms with van der Waals surface area (Å²) in [6.45, 7) is 4.36. The number of carbonyl (C=O) groups excluding carboxylic acids is 1. The number of amides is 1. The van der Waals surface area contributed by atoms with Gasteiger partial charge in [0.1, 0.15) is 0 Å². The normalized spacial score (nSPS) is 15.9. The van der Waals surface area contributed by atoms with Crippen molar-refractivity contribution in [3.05, 3.63) is 72.1 Å². The van der Waals surface area contributed by atoms with Gasteiger partial charge in [-0.1, -0.05) is 30.3 Å². The van der Waals surface area contributed by atoms with Gasteiger partial charge in [-0.2, -0.15) is 0 Å². The van der Waals surface area contributed by atoms with Gasteiger partial charge in [-0.3, -0.25) is 14.7 Å². The van der Waals surface area contributed by atoms with Crippen LogP contribution < -0.4 is 0 Å². The largest absolute Gasteiger partial charge is 0.337 e. The SMILES string of the molecule is O=C(C=Cc1ccncc1)N1CCN(Cc2ccccc2)CC1. The molecule has 1 aromatic heterocycles. The van der Waals surface area contributed by atoms with Gasteiger partial charge in [-0.05, 0) is 29.3 Å². The Morgan fingerprint density at radius 2 is 1.70 bits per heavy atom. The van der Waals surface area contributed by atoms with E-state index in [-0.39, 0.29) is 5.91 Å². The molecule has 0 unspecified atom stereocenters. The van der Waals surface area contributed by atoms with Crippen molar-refractivity contribution in [2.45, 2.75) is 6.54 Å². The molecule has 1 saturated heterocycles. The molecular weight excluding hydrogens is 286 g/mol. The second kappa shape index (κ2) is 7.70. The van der Waals surface area contributed by atoms with Gasteiger partial charge in [-0.25, -0.2) is 0 Å². The number of hydrogen-bond donors (Lipinski definition) is 0. The van der Waals surface area contributed by atoms with Crippen LogP contribution in [0.4, 0.5) is 0 Å². The van der Waals surface area contributed by atoms with Gasteiger partial charge in [-0.15, -0.1) is 0 Å². The fourth-order valence-electron chi connectivity index (χ4n) is 2.72. The first-order valence-electron chi connectivity index (χ1n) is 7.94. The summed E-state index contributed by atoms with van der Waals surface area (Å²) in [5, 5.41) is 0. The lowest BCUT2D eigenvalue weighted by atomic mass is 10.2. The summed E-state index contributed by atoms with van der Waals surface area (Å²) < 4.78 is 0. The summed E-state index contributed by atoms with van der Waals surface area (Å²) in [5.74, 6) is 0.0844. The number of carbonyl (C=O) groups is 1. The van der Waals surface area contributed by atoms with Gasteiger partial charge in [0.25, 0.3) is 0 Å². The number of nitrogens with zero attached hydrogens (tertiary/aromatic N) is 3. The van der Waals surface area contributed by atoms with Crippen molar-refractivity contribution >= 4 is 12.0 Å². The maximum absolute atomic E-state index is 12.2. The van der Waals surface area contributed by atoms with Crippen LogP contribution in [0.15, 0.2) is 60.9 Å². The Labute approximate surface area is 137 Å². The number of pyridine rings is 1. The lowest BCUT2D eigenvalue weighted by Gasteiger charge is -2.34. The van der Waals surface area contributed by atoms with E-state index < -0.39 is 0 Å². The zero-order valence-corrected chi connectivity index (χ0v) is 13.1. The summed E-state index contributed by atoms with van der Waals surface area (Å²) in [7, 11) is 0. The molecule has 1 fully saturated rings. The van der Waals surface area contributed by atoms with Crippen molar-refractivity contribution < 1.29 is 4.79 Å². The molecule has 4 nitrogen and oxygen atoms in total. The molecule has 0 spiro atoms. The monoisotopic (exact) mass is 307 g/mol. The highest BCUT2D eigenvalue weighted by atomic mass is 16.2. The summed E-state index contributed by atoms with van der Waals surface area (Å²) in [5.41, 5.74) is 2.32. The Morgan fingerprint density at radius 3 is 2.39 bits per heavy atom. The van der Waals surface area contributed by atoms with E-state index in [4.69, 9.17) is 0 Å². The van der Waals surface area contributed by atoms with Gasteiger partial charge in [0.15, 0.2) is 0 Å². The van der Waals surface area contributed by atoms with Crippen LogP contribution in [0.5, 0.6) is 0 Å². The van der Waals surface area contributed by atoms with E-state index in [1.165, 1.54) is 5.56 Å². The number of benzene rings is 1. The number of aromatic nitrogens is 1. The molecular formula is C19H21N3O. The van der Waals surface area contributed by atoms with E-state index in [2.05, 4.69) is 34.1 Å². The van der Waals surface area contributed by atoms with Crippen LogP contribution in [0.1, 0.15) is 11.1 Å². The second-order valence-electron chi connectivity index (χ2n) is 5.70. The highest BCUT2D eigenvalue weighted by Gasteiger charge is 2.19. The summed E-state index contributed by atoms with van der Waals surface area (Å²) in [4.78, 5) is 20.5. The van der Waals surface area contributed by atoms with Crippen LogP contribution in [0.2, 0.25) is 0 Å². The van der Waals surface area contributed by atoms with E-state index in [0.29, 0.717) is 0 Å². The third-order valence-electron chi connectivity index (χ3n) is 4.06. The zero-order valence-electron chi connectivity index (χ0n) is 13.1. The minimum Gasteiger partial charge on any atom is -0.337 e. The summed E-state index contributed by atoms with van der Waals surface area (Å²) in [6, 6.07) is 14.3. The van der Waals surface area contributed by atoms with E-state index in [0.717, 1.165) is 38.3 Å². The molecule has 1 aromatic carbocycles. The standard InChI is InChI=1S/C19H21N3O/c23-19(7-6-17-8-10-20-11-9-17)22-14-12-21(13-15-22)16-18-4-2-1-3-5-18/h1-11H,12-16H2. The smallest absolute Gasteiger partial charge is 0.246 e. The molecule has 0 saturated carbocycles. The molecule has 118 valence electrons. The molecule has 23 heavy (non-hydrogen) atoms. The lowest BCUT2D eigenvalue weighted by molar-refractivity contribution is -0.127. The van der Waals surface area contributed by atoms with Crippen LogP contribution in [-0.2, 0) is 11.3 Å². The zero-order chi connectivity index (χ0) is 15.9. The maximum atomic E-state index is 12.2. The van der Waals surface area contributed by atoms with Gasteiger partial charge < -0.3 is 4.90 Å². The fraction of sp³-hybridized carbons (Fsp3) is 0.263. The molecule has 0 N–H and O–H groups in total. The summed E-state index contributed by atoms with van der Waals surface area (Å²) in [6.07, 6.45) is 6.96. The fourth-order valence-corrected chi connectivity index (χ4v) is 2.72. The number of piperazine rings is 1. The molecule has 0 bridgehead atoms. The third kappa shape index (κ3) is 4.50. The molecule has 1 amide bonds. The second-order valence-corrected chi connectivity index (χ2v) is 5.70. The van der Waals surface area contributed by atoms with Crippen molar-refractivity contribution in [2.75, 3.05) is 26.2 Å². The Hall–Kier alpha value is -2.46. The first-order valence-corrected chi connectivity index (χ1v) is 7.94. The van der Waals surface area contributed by atoms with E-state index in [1.807, 2.05) is 29.2 Å². The quantitative estimate of drug-likeness (QED) is 0.814. The molecule has 0 atom stereocenters. The minimum absolute atomic E-state index is 0.0844. The predicted molar refractivity (Wildman–Crippen MR) is 91.6 cm³/mol. The Balaban J connectivity index is 1.48. The summed E-state index contributed by atoms with van der Waals surface area (Å²) >= 11 is 0. The number of rotatable bonds is 4. The van der Waals surface area contributed by atoms with Crippen molar-refractivity contribution in [3.63, 3.8) is 0 Å². The van der Waals surface area contributed by atoms with E-state index in [1.54, 1.807) is 18.5 Å². The Bertz CT molecular complexity index is 647. The molecule has 2 aromatic rings. The molecule has 3 rings (SSSR count). The average Bonchev–Trinajstić information content (AvgIpc) is 2.62. The van der Waals surface area contributed by atoms with E-state index in [9.17, 15) is 4.79 Å². The first-order chi connectivity index (χ1) is 11.3. The average molecular weight is 307 g/mol. The third-order valence-corrected chi connectivity index (χ3v) is 4.06. The van der Waals surface area contributed by atoms with Crippen LogP contribution in [0.3, 0.4) is 0 Å². The van der Waals surface area contributed by atoms with Crippen LogP contribution >= 0.6 is 0 Å². The Morgan fingerprint density at radius 1 is 1.00 bits per heavy atom. The van der Waals surface area contributed by atoms with Crippen LogP contribution in [-0.4, -0.2) is 46.9 Å². The highest BCUT2D eigenvalue weighted by Crippen LogP contribution is 2.09. The lowest BCUT2D eigenvalue weighted by Crippen LogP contribution is -2.47. The van der Waals surface area contributed by atoms with Gasteiger partial charge in [0, 0.05) is 51.2 Å². The molecule has 0 aliphatic carbocycles. The van der Waals surface area contributed by atoms with Crippen molar-refractivity contribution in [2.24, 2.45) is 0 Å². The molecule has 1 aliphatic rings. The van der Waals surface area contributed by atoms with Crippen molar-refractivity contribution in [1.82, 2.24) is 14.8 Å². The van der Waals surface area contributed by atoms with Crippen LogP contribution in [0.25, 0.3) is 6.08 Å². The minimum atomic E-state index is 0.0844. The number of hydrogen-bond acceptors (Lipinski definition) is 3. The molecule has 0 radical (unpaired) electrons.